The third-order valence-corrected chi connectivity index (χ3v) is 4.34. The van der Waals surface area contributed by atoms with E-state index in [1.54, 1.807) is 6.92 Å². The predicted molar refractivity (Wildman–Crippen MR) is 75.4 cm³/mol. The van der Waals surface area contributed by atoms with Gasteiger partial charge in [-0.1, -0.05) is 6.58 Å². The molecule has 112 valence electrons. The number of ether oxygens (including phenoxy) is 2. The molecule has 0 spiro atoms. The van der Waals surface area contributed by atoms with Crippen LogP contribution in [0.25, 0.3) is 0 Å². The van der Waals surface area contributed by atoms with Crippen molar-refractivity contribution in [2.45, 2.75) is 32.6 Å². The SMILES string of the molecule is C=C(CC1COCC(C(C)=O)C1)C(=O)C1CCOCC1. The molecule has 0 amide bonds. The van der Waals surface area contributed by atoms with Gasteiger partial charge in [0.15, 0.2) is 5.78 Å². The van der Waals surface area contributed by atoms with Crippen molar-refractivity contribution in [2.24, 2.45) is 17.8 Å². The maximum atomic E-state index is 12.3. The number of rotatable bonds is 5. The van der Waals surface area contributed by atoms with Crippen LogP contribution < -0.4 is 0 Å². The van der Waals surface area contributed by atoms with E-state index in [-0.39, 0.29) is 29.3 Å². The highest BCUT2D eigenvalue weighted by Crippen LogP contribution is 2.28. The molecule has 2 atom stereocenters. The van der Waals surface area contributed by atoms with Crippen molar-refractivity contribution in [1.82, 2.24) is 0 Å². The largest absolute Gasteiger partial charge is 0.381 e. The fourth-order valence-corrected chi connectivity index (χ4v) is 3.04. The molecule has 2 unspecified atom stereocenters. The monoisotopic (exact) mass is 280 g/mol. The van der Waals surface area contributed by atoms with Gasteiger partial charge in [-0.3, -0.25) is 9.59 Å². The Morgan fingerprint density at radius 1 is 1.10 bits per heavy atom. The minimum atomic E-state index is -0.0141. The van der Waals surface area contributed by atoms with E-state index in [0.29, 0.717) is 38.4 Å². The Morgan fingerprint density at radius 3 is 2.45 bits per heavy atom. The third kappa shape index (κ3) is 4.00. The van der Waals surface area contributed by atoms with Gasteiger partial charge in [-0.2, -0.15) is 0 Å². The van der Waals surface area contributed by atoms with Gasteiger partial charge in [0.05, 0.1) is 6.61 Å². The average Bonchev–Trinajstić information content (AvgIpc) is 2.47. The van der Waals surface area contributed by atoms with Crippen LogP contribution in [-0.2, 0) is 19.1 Å². The summed E-state index contributed by atoms with van der Waals surface area (Å²) in [6.45, 7) is 8.06. The van der Waals surface area contributed by atoms with Crippen molar-refractivity contribution in [3.8, 4) is 0 Å². The van der Waals surface area contributed by atoms with Crippen molar-refractivity contribution in [3.63, 3.8) is 0 Å². The molecule has 0 aromatic rings. The van der Waals surface area contributed by atoms with Gasteiger partial charge in [0, 0.05) is 31.7 Å². The van der Waals surface area contributed by atoms with E-state index in [9.17, 15) is 9.59 Å². The Morgan fingerprint density at radius 2 is 1.80 bits per heavy atom. The van der Waals surface area contributed by atoms with Crippen molar-refractivity contribution in [1.29, 1.82) is 0 Å². The molecule has 0 saturated carbocycles. The van der Waals surface area contributed by atoms with Gasteiger partial charge in [-0.25, -0.2) is 0 Å². The summed E-state index contributed by atoms with van der Waals surface area (Å²) in [5.74, 6) is 0.660. The number of carbonyl (C=O) groups is 2. The van der Waals surface area contributed by atoms with Crippen LogP contribution in [0.5, 0.6) is 0 Å². The summed E-state index contributed by atoms with van der Waals surface area (Å²) in [6.07, 6.45) is 3.07. The van der Waals surface area contributed by atoms with Gasteiger partial charge in [0.25, 0.3) is 0 Å². The normalized spacial score (nSPS) is 28.1. The Balaban J connectivity index is 1.84. The Hall–Kier alpha value is -1.00. The van der Waals surface area contributed by atoms with Crippen LogP contribution >= 0.6 is 0 Å². The number of hydrogen-bond donors (Lipinski definition) is 0. The molecular formula is C16H24O4. The molecule has 0 aromatic heterocycles. The van der Waals surface area contributed by atoms with Gasteiger partial charge >= 0.3 is 0 Å². The highest BCUT2D eigenvalue weighted by molar-refractivity contribution is 5.96. The average molecular weight is 280 g/mol. The highest BCUT2D eigenvalue weighted by atomic mass is 16.5. The molecule has 0 bridgehead atoms. The first-order valence-corrected chi connectivity index (χ1v) is 7.46. The molecule has 2 aliphatic rings. The number of allylic oxidation sites excluding steroid dienone is 1. The smallest absolute Gasteiger partial charge is 0.161 e. The van der Waals surface area contributed by atoms with Crippen LogP contribution in [0.4, 0.5) is 0 Å². The summed E-state index contributed by atoms with van der Waals surface area (Å²) in [5.41, 5.74) is 0.690. The van der Waals surface area contributed by atoms with Crippen molar-refractivity contribution < 1.29 is 19.1 Å². The number of ketones is 2. The summed E-state index contributed by atoms with van der Waals surface area (Å²) in [6, 6.07) is 0. The molecule has 2 fully saturated rings. The molecule has 4 nitrogen and oxygen atoms in total. The van der Waals surface area contributed by atoms with Gasteiger partial charge < -0.3 is 9.47 Å². The Bertz CT molecular complexity index is 382. The second-order valence-corrected chi connectivity index (χ2v) is 6.01. The molecule has 0 N–H and O–H groups in total. The quantitative estimate of drug-likeness (QED) is 0.724. The predicted octanol–water partition coefficient (Wildman–Crippen LogP) is 2.17. The molecule has 2 heterocycles. The molecule has 20 heavy (non-hydrogen) atoms. The van der Waals surface area contributed by atoms with Crippen molar-refractivity contribution in [2.75, 3.05) is 26.4 Å². The molecule has 2 rings (SSSR count). The van der Waals surface area contributed by atoms with E-state index in [1.165, 1.54) is 0 Å². The van der Waals surface area contributed by atoms with E-state index in [4.69, 9.17) is 9.47 Å². The van der Waals surface area contributed by atoms with Gasteiger partial charge in [0.1, 0.15) is 5.78 Å². The molecule has 0 aromatic carbocycles. The zero-order chi connectivity index (χ0) is 14.5. The Kier molecular flexibility index (Phi) is 5.49. The zero-order valence-electron chi connectivity index (χ0n) is 12.2. The lowest BCUT2D eigenvalue weighted by molar-refractivity contribution is -0.126. The fraction of sp³-hybridized carbons (Fsp3) is 0.750. The van der Waals surface area contributed by atoms with Crippen LogP contribution in [0.1, 0.15) is 32.6 Å². The summed E-state index contributed by atoms with van der Waals surface area (Å²) >= 11 is 0. The first-order valence-electron chi connectivity index (χ1n) is 7.46. The molecular weight excluding hydrogens is 256 g/mol. The van der Waals surface area contributed by atoms with Crippen LogP contribution in [0, 0.1) is 17.8 Å². The van der Waals surface area contributed by atoms with Crippen LogP contribution in [0.15, 0.2) is 12.2 Å². The van der Waals surface area contributed by atoms with Crippen LogP contribution in [-0.4, -0.2) is 38.0 Å². The lowest BCUT2D eigenvalue weighted by atomic mass is 9.83. The lowest BCUT2D eigenvalue weighted by Gasteiger charge is -2.29. The summed E-state index contributed by atoms with van der Waals surface area (Å²) in [7, 11) is 0. The number of hydrogen-bond acceptors (Lipinski definition) is 4. The van der Waals surface area contributed by atoms with E-state index in [1.807, 2.05) is 0 Å². The van der Waals surface area contributed by atoms with Crippen molar-refractivity contribution >= 4 is 11.6 Å². The van der Waals surface area contributed by atoms with Crippen LogP contribution in [0.3, 0.4) is 0 Å². The maximum absolute atomic E-state index is 12.3. The van der Waals surface area contributed by atoms with E-state index in [2.05, 4.69) is 6.58 Å². The maximum Gasteiger partial charge on any atom is 0.161 e. The third-order valence-electron chi connectivity index (χ3n) is 4.34. The standard InChI is InChI=1S/C16H24O4/c1-11(16(18)14-3-5-19-6-4-14)7-13-8-15(12(2)17)10-20-9-13/h13-15H,1,3-10H2,2H3. The highest BCUT2D eigenvalue weighted by Gasteiger charge is 2.29. The minimum absolute atomic E-state index is 0.0141. The first kappa shape index (κ1) is 15.4. The molecule has 0 radical (unpaired) electrons. The van der Waals surface area contributed by atoms with E-state index in [0.717, 1.165) is 19.3 Å². The van der Waals surface area contributed by atoms with Crippen molar-refractivity contribution in [3.05, 3.63) is 12.2 Å². The second-order valence-electron chi connectivity index (χ2n) is 6.01. The molecule has 0 aliphatic carbocycles. The second kappa shape index (κ2) is 7.14. The Labute approximate surface area is 120 Å². The van der Waals surface area contributed by atoms with E-state index < -0.39 is 0 Å². The van der Waals surface area contributed by atoms with Gasteiger partial charge in [-0.05, 0) is 44.1 Å². The topological polar surface area (TPSA) is 52.6 Å². The summed E-state index contributed by atoms with van der Waals surface area (Å²) < 4.78 is 10.8. The molecule has 2 aliphatic heterocycles. The molecule has 2 saturated heterocycles. The summed E-state index contributed by atoms with van der Waals surface area (Å²) in [5, 5.41) is 0. The van der Waals surface area contributed by atoms with Crippen LogP contribution in [0.2, 0.25) is 0 Å². The molecule has 4 heteroatoms. The number of carbonyl (C=O) groups excluding carboxylic acids is 2. The minimum Gasteiger partial charge on any atom is -0.381 e. The van der Waals surface area contributed by atoms with Gasteiger partial charge in [-0.15, -0.1) is 0 Å². The number of Topliss-reactive ketones (excluding diaryl/α,β-unsaturated/α-hetero) is 2. The van der Waals surface area contributed by atoms with E-state index >= 15 is 0 Å². The zero-order valence-corrected chi connectivity index (χ0v) is 12.2. The first-order chi connectivity index (χ1) is 9.58. The lowest BCUT2D eigenvalue weighted by Crippen LogP contribution is -2.31. The fourth-order valence-electron chi connectivity index (χ4n) is 3.04. The van der Waals surface area contributed by atoms with Gasteiger partial charge in [0.2, 0.25) is 0 Å². The summed E-state index contributed by atoms with van der Waals surface area (Å²) in [4.78, 5) is 23.8.